The summed E-state index contributed by atoms with van der Waals surface area (Å²) in [5.74, 6) is -0.753. The van der Waals surface area contributed by atoms with Gasteiger partial charge in [-0.2, -0.15) is 0 Å². The minimum absolute atomic E-state index is 0.195. The molecule has 1 heterocycles. The van der Waals surface area contributed by atoms with Crippen molar-refractivity contribution < 1.29 is 14.6 Å². The molecule has 1 N–H and O–H groups in total. The fraction of sp³-hybridized carbons (Fsp3) is 0.409. The van der Waals surface area contributed by atoms with Gasteiger partial charge in [-0.3, -0.25) is 4.79 Å². The first-order chi connectivity index (χ1) is 12.2. The van der Waals surface area contributed by atoms with Gasteiger partial charge in [-0.05, 0) is 32.1 Å². The highest BCUT2D eigenvalue weighted by Crippen LogP contribution is 2.26. The molecule has 0 saturated carbocycles. The Labute approximate surface area is 151 Å². The van der Waals surface area contributed by atoms with Gasteiger partial charge in [0, 0.05) is 6.42 Å². The van der Waals surface area contributed by atoms with Gasteiger partial charge in [0.25, 0.3) is 0 Å². The van der Waals surface area contributed by atoms with Crippen molar-refractivity contribution in [3.05, 3.63) is 72.9 Å². The third-order valence-corrected chi connectivity index (χ3v) is 3.57. The number of rotatable bonds is 13. The average Bonchev–Trinajstić information content (AvgIpc) is 3.34. The number of ether oxygens (including phenoxy) is 1. The summed E-state index contributed by atoms with van der Waals surface area (Å²) < 4.78 is 5.59. The fourth-order valence-corrected chi connectivity index (χ4v) is 2.14. The lowest BCUT2D eigenvalue weighted by Crippen LogP contribution is -1.91. The van der Waals surface area contributed by atoms with Crippen LogP contribution >= 0.6 is 0 Å². The molecule has 1 aliphatic heterocycles. The molecule has 0 bridgehead atoms. The van der Waals surface area contributed by atoms with Crippen LogP contribution in [0.2, 0.25) is 0 Å². The van der Waals surface area contributed by atoms with E-state index in [1.807, 2.05) is 42.5 Å². The van der Waals surface area contributed by atoms with E-state index >= 15 is 0 Å². The second kappa shape index (κ2) is 14.2. The molecule has 1 saturated heterocycles. The summed E-state index contributed by atoms with van der Waals surface area (Å²) in [6.45, 7) is 2.14. The maximum Gasteiger partial charge on any atom is 0.303 e. The molecule has 1 aliphatic rings. The predicted octanol–water partition coefficient (Wildman–Crippen LogP) is 5.54. The molecule has 3 heteroatoms. The van der Waals surface area contributed by atoms with E-state index in [-0.39, 0.29) is 12.5 Å². The van der Waals surface area contributed by atoms with Crippen molar-refractivity contribution >= 4 is 5.97 Å². The van der Waals surface area contributed by atoms with E-state index < -0.39 is 5.97 Å². The molecular formula is C22H30O3. The van der Waals surface area contributed by atoms with E-state index in [1.165, 1.54) is 0 Å². The van der Waals surface area contributed by atoms with Crippen LogP contribution < -0.4 is 0 Å². The number of aliphatic carboxylic acids is 1. The van der Waals surface area contributed by atoms with E-state index in [2.05, 4.69) is 37.3 Å². The Balaban J connectivity index is 2.04. The predicted molar refractivity (Wildman–Crippen MR) is 105 cm³/mol. The first-order valence-electron chi connectivity index (χ1n) is 9.06. The molecule has 0 aromatic rings. The van der Waals surface area contributed by atoms with Crippen molar-refractivity contribution in [1.29, 1.82) is 0 Å². The molecule has 0 spiro atoms. The third-order valence-electron chi connectivity index (χ3n) is 3.57. The minimum atomic E-state index is -0.753. The topological polar surface area (TPSA) is 49.8 Å². The van der Waals surface area contributed by atoms with Crippen LogP contribution in [0.25, 0.3) is 0 Å². The van der Waals surface area contributed by atoms with Gasteiger partial charge >= 0.3 is 5.97 Å². The molecule has 1 fully saturated rings. The quantitative estimate of drug-likeness (QED) is 0.272. The monoisotopic (exact) mass is 342 g/mol. The van der Waals surface area contributed by atoms with E-state index in [9.17, 15) is 4.79 Å². The zero-order chi connectivity index (χ0) is 18.2. The summed E-state index contributed by atoms with van der Waals surface area (Å²) >= 11 is 0. The van der Waals surface area contributed by atoms with Crippen LogP contribution in [0.4, 0.5) is 0 Å². The minimum Gasteiger partial charge on any atom is -0.481 e. The average molecular weight is 342 g/mol. The van der Waals surface area contributed by atoms with Crippen LogP contribution in [-0.4, -0.2) is 23.3 Å². The maximum atomic E-state index is 10.3. The van der Waals surface area contributed by atoms with Gasteiger partial charge in [-0.1, -0.05) is 79.8 Å². The normalized spacial score (nSPS) is 21.2. The largest absolute Gasteiger partial charge is 0.481 e. The number of carboxylic acids is 1. The lowest BCUT2D eigenvalue weighted by molar-refractivity contribution is -0.136. The Bertz CT molecular complexity index is 535. The molecule has 25 heavy (non-hydrogen) atoms. The fourth-order valence-electron chi connectivity index (χ4n) is 2.14. The second-order valence-electron chi connectivity index (χ2n) is 5.80. The Hall–Kier alpha value is -2.13. The lowest BCUT2D eigenvalue weighted by atomic mass is 10.2. The first kappa shape index (κ1) is 20.9. The van der Waals surface area contributed by atoms with Crippen LogP contribution in [0, 0.1) is 0 Å². The van der Waals surface area contributed by atoms with Gasteiger partial charge in [0.15, 0.2) is 0 Å². The number of carboxylic acid groups (broad SMARTS) is 1. The van der Waals surface area contributed by atoms with E-state index in [0.29, 0.717) is 12.5 Å². The van der Waals surface area contributed by atoms with Crippen molar-refractivity contribution in [2.75, 3.05) is 0 Å². The number of allylic oxidation sites excluding steroid dienone is 10. The van der Waals surface area contributed by atoms with Crippen molar-refractivity contribution in [1.82, 2.24) is 0 Å². The lowest BCUT2D eigenvalue weighted by Gasteiger charge is -1.86. The summed E-state index contributed by atoms with van der Waals surface area (Å²) in [5, 5.41) is 8.50. The molecule has 0 aromatic heterocycles. The van der Waals surface area contributed by atoms with Crippen molar-refractivity contribution in [3.63, 3.8) is 0 Å². The summed E-state index contributed by atoms with van der Waals surface area (Å²) in [6.07, 6.45) is 30.0. The highest BCUT2D eigenvalue weighted by atomic mass is 16.6. The molecular weight excluding hydrogens is 312 g/mol. The van der Waals surface area contributed by atoms with Gasteiger partial charge < -0.3 is 9.84 Å². The number of carbonyl (C=O) groups is 1. The Kier molecular flexibility index (Phi) is 11.9. The highest BCUT2D eigenvalue weighted by molar-refractivity contribution is 5.66. The summed E-state index contributed by atoms with van der Waals surface area (Å²) in [4.78, 5) is 10.3. The molecule has 1 rings (SSSR count). The Morgan fingerprint density at radius 1 is 0.920 bits per heavy atom. The number of hydrogen-bond donors (Lipinski definition) is 1. The summed E-state index contributed by atoms with van der Waals surface area (Å²) in [7, 11) is 0. The van der Waals surface area contributed by atoms with Crippen LogP contribution in [0.5, 0.6) is 0 Å². The SMILES string of the molecule is CC/C=C/C/C=C/CC1OC1/C=C/C=C/C=C/C/C=C/CCC(=O)O. The van der Waals surface area contributed by atoms with Crippen molar-refractivity contribution in [3.8, 4) is 0 Å². The van der Waals surface area contributed by atoms with E-state index in [0.717, 1.165) is 25.7 Å². The molecule has 0 aliphatic carbocycles. The molecule has 0 aromatic carbocycles. The Morgan fingerprint density at radius 3 is 2.44 bits per heavy atom. The number of hydrogen-bond acceptors (Lipinski definition) is 2. The van der Waals surface area contributed by atoms with Gasteiger partial charge in [-0.15, -0.1) is 0 Å². The Morgan fingerprint density at radius 2 is 1.64 bits per heavy atom. The van der Waals surface area contributed by atoms with Gasteiger partial charge in [0.05, 0.1) is 6.10 Å². The molecule has 2 atom stereocenters. The van der Waals surface area contributed by atoms with Crippen LogP contribution in [0.1, 0.15) is 45.4 Å². The zero-order valence-electron chi connectivity index (χ0n) is 15.1. The van der Waals surface area contributed by atoms with Gasteiger partial charge in [-0.25, -0.2) is 0 Å². The third kappa shape index (κ3) is 12.9. The van der Waals surface area contributed by atoms with Crippen LogP contribution in [-0.2, 0) is 9.53 Å². The van der Waals surface area contributed by atoms with Crippen molar-refractivity contribution in [2.45, 2.75) is 57.7 Å². The molecule has 0 amide bonds. The van der Waals surface area contributed by atoms with E-state index in [4.69, 9.17) is 9.84 Å². The summed E-state index contributed by atoms with van der Waals surface area (Å²) in [6, 6.07) is 0. The van der Waals surface area contributed by atoms with Gasteiger partial charge in [0.1, 0.15) is 6.10 Å². The van der Waals surface area contributed by atoms with Crippen LogP contribution in [0.15, 0.2) is 72.9 Å². The summed E-state index contributed by atoms with van der Waals surface area (Å²) in [5.41, 5.74) is 0. The maximum absolute atomic E-state index is 10.3. The molecule has 2 unspecified atom stereocenters. The molecule has 0 radical (unpaired) electrons. The second-order valence-corrected chi connectivity index (χ2v) is 5.80. The van der Waals surface area contributed by atoms with Gasteiger partial charge in [0.2, 0.25) is 0 Å². The first-order valence-corrected chi connectivity index (χ1v) is 9.06. The highest BCUT2D eigenvalue weighted by Gasteiger charge is 2.34. The smallest absolute Gasteiger partial charge is 0.303 e. The number of epoxide rings is 1. The zero-order valence-corrected chi connectivity index (χ0v) is 15.1. The van der Waals surface area contributed by atoms with E-state index in [1.54, 1.807) is 0 Å². The molecule has 136 valence electrons. The standard InChI is InChI=1S/C22H30O3/c1-2-3-4-5-11-14-17-20-21(25-20)18-15-12-9-7-6-8-10-13-16-19-22(23)24/h3-4,6-7,9-15,18,20-21H,2,5,8,16-17,19H2,1H3,(H,23,24)/b4-3+,7-6+,12-9+,13-10+,14-11+,18-15+. The van der Waals surface area contributed by atoms with Crippen molar-refractivity contribution in [2.24, 2.45) is 0 Å². The van der Waals surface area contributed by atoms with Crippen LogP contribution in [0.3, 0.4) is 0 Å². The molecule has 3 nitrogen and oxygen atoms in total.